The SMILES string of the molecule is CCNCC(C)C(=O)c1cncc(OC(C)C)c1. The van der Waals surface area contributed by atoms with Crippen LogP contribution in [0.3, 0.4) is 0 Å². The normalized spacial score (nSPS) is 12.5. The Hall–Kier alpha value is -1.42. The summed E-state index contributed by atoms with van der Waals surface area (Å²) < 4.78 is 5.54. The van der Waals surface area contributed by atoms with Crippen molar-refractivity contribution in [3.05, 3.63) is 24.0 Å². The first kappa shape index (κ1) is 14.6. The average Bonchev–Trinajstić information content (AvgIpc) is 2.34. The third kappa shape index (κ3) is 4.45. The maximum Gasteiger partial charge on any atom is 0.168 e. The van der Waals surface area contributed by atoms with Gasteiger partial charge >= 0.3 is 0 Å². The molecule has 0 fully saturated rings. The van der Waals surface area contributed by atoms with Gasteiger partial charge < -0.3 is 10.1 Å². The van der Waals surface area contributed by atoms with E-state index in [2.05, 4.69) is 10.3 Å². The highest BCUT2D eigenvalue weighted by Crippen LogP contribution is 2.15. The molecule has 1 aromatic rings. The fourth-order valence-electron chi connectivity index (χ4n) is 1.63. The van der Waals surface area contributed by atoms with Crippen LogP contribution in [0.25, 0.3) is 0 Å². The zero-order chi connectivity index (χ0) is 13.5. The van der Waals surface area contributed by atoms with Gasteiger partial charge in [-0.25, -0.2) is 0 Å². The highest BCUT2D eigenvalue weighted by molar-refractivity contribution is 5.97. The lowest BCUT2D eigenvalue weighted by atomic mass is 10.0. The van der Waals surface area contributed by atoms with Crippen molar-refractivity contribution in [2.45, 2.75) is 33.8 Å². The van der Waals surface area contributed by atoms with Crippen LogP contribution >= 0.6 is 0 Å². The summed E-state index contributed by atoms with van der Waals surface area (Å²) in [6.07, 6.45) is 3.31. The first-order chi connectivity index (χ1) is 8.54. The van der Waals surface area contributed by atoms with E-state index in [9.17, 15) is 4.79 Å². The molecule has 4 heteroatoms. The fraction of sp³-hybridized carbons (Fsp3) is 0.571. The Labute approximate surface area is 109 Å². The summed E-state index contributed by atoms with van der Waals surface area (Å²) in [5.74, 6) is 0.685. The molecule has 0 bridgehead atoms. The molecule has 1 rings (SSSR count). The second-order valence-electron chi connectivity index (χ2n) is 4.65. The van der Waals surface area contributed by atoms with Crippen molar-refractivity contribution >= 4 is 5.78 Å². The predicted molar refractivity (Wildman–Crippen MR) is 72.0 cm³/mol. The summed E-state index contributed by atoms with van der Waals surface area (Å²) in [7, 11) is 0. The topological polar surface area (TPSA) is 51.2 Å². The minimum absolute atomic E-state index is 0.0546. The first-order valence-corrected chi connectivity index (χ1v) is 6.41. The van der Waals surface area contributed by atoms with Gasteiger partial charge in [-0.15, -0.1) is 0 Å². The van der Waals surface area contributed by atoms with Gasteiger partial charge in [0.1, 0.15) is 5.75 Å². The number of pyridine rings is 1. The van der Waals surface area contributed by atoms with Gasteiger partial charge in [0.2, 0.25) is 0 Å². The van der Waals surface area contributed by atoms with E-state index in [1.165, 1.54) is 0 Å². The van der Waals surface area contributed by atoms with Gasteiger partial charge in [-0.3, -0.25) is 9.78 Å². The van der Waals surface area contributed by atoms with Crippen LogP contribution in [0.2, 0.25) is 0 Å². The summed E-state index contributed by atoms with van der Waals surface area (Å²) >= 11 is 0. The maximum absolute atomic E-state index is 12.2. The standard InChI is InChI=1S/C14H22N2O2/c1-5-15-7-11(4)14(17)12-6-13(9-16-8-12)18-10(2)3/h6,8-11,15H,5,7H2,1-4H3. The highest BCUT2D eigenvalue weighted by atomic mass is 16.5. The summed E-state index contributed by atoms with van der Waals surface area (Å²) in [5.41, 5.74) is 0.610. The number of nitrogens with one attached hydrogen (secondary N) is 1. The molecule has 1 heterocycles. The molecule has 1 N–H and O–H groups in total. The molecule has 0 aliphatic carbocycles. The van der Waals surface area contributed by atoms with Gasteiger partial charge in [-0.2, -0.15) is 0 Å². The second kappa shape index (κ2) is 7.11. The summed E-state index contributed by atoms with van der Waals surface area (Å²) in [5, 5.41) is 3.17. The van der Waals surface area contributed by atoms with Crippen LogP contribution in [0.4, 0.5) is 0 Å². The molecule has 0 aliphatic rings. The quantitative estimate of drug-likeness (QED) is 0.754. The Balaban J connectivity index is 2.73. The highest BCUT2D eigenvalue weighted by Gasteiger charge is 2.15. The van der Waals surface area contributed by atoms with Crippen LogP contribution in [0, 0.1) is 5.92 Å². The van der Waals surface area contributed by atoms with Gasteiger partial charge in [-0.05, 0) is 26.5 Å². The summed E-state index contributed by atoms with van der Waals surface area (Å²) in [4.78, 5) is 16.2. The van der Waals surface area contributed by atoms with Crippen LogP contribution in [0.1, 0.15) is 38.1 Å². The second-order valence-corrected chi connectivity index (χ2v) is 4.65. The van der Waals surface area contributed by atoms with Gasteiger partial charge in [0.05, 0.1) is 12.3 Å². The lowest BCUT2D eigenvalue weighted by Gasteiger charge is -2.13. The van der Waals surface area contributed by atoms with E-state index in [-0.39, 0.29) is 17.8 Å². The molecule has 0 amide bonds. The Kier molecular flexibility index (Phi) is 5.78. The van der Waals surface area contributed by atoms with E-state index in [0.29, 0.717) is 17.9 Å². The van der Waals surface area contributed by atoms with Gasteiger partial charge in [0, 0.05) is 24.2 Å². The van der Waals surface area contributed by atoms with Crippen LogP contribution in [0.15, 0.2) is 18.5 Å². The number of hydrogen-bond acceptors (Lipinski definition) is 4. The lowest BCUT2D eigenvalue weighted by Crippen LogP contribution is -2.26. The number of ether oxygens (including phenoxy) is 1. The number of rotatable bonds is 7. The van der Waals surface area contributed by atoms with Gasteiger partial charge in [0.25, 0.3) is 0 Å². The van der Waals surface area contributed by atoms with Crippen molar-refractivity contribution < 1.29 is 9.53 Å². The molecule has 0 saturated carbocycles. The largest absolute Gasteiger partial charge is 0.489 e. The van der Waals surface area contributed by atoms with E-state index in [0.717, 1.165) is 6.54 Å². The number of carbonyl (C=O) groups is 1. The lowest BCUT2D eigenvalue weighted by molar-refractivity contribution is 0.0928. The third-order valence-electron chi connectivity index (χ3n) is 2.52. The number of carbonyl (C=O) groups excluding carboxylic acids is 1. The number of ketones is 1. The minimum Gasteiger partial charge on any atom is -0.489 e. The number of hydrogen-bond donors (Lipinski definition) is 1. The van der Waals surface area contributed by atoms with Crippen LogP contribution < -0.4 is 10.1 Å². The molecule has 4 nitrogen and oxygen atoms in total. The Bertz CT molecular complexity index is 391. The van der Waals surface area contributed by atoms with Crippen molar-refractivity contribution in [3.8, 4) is 5.75 Å². The average molecular weight is 250 g/mol. The molecular formula is C14H22N2O2. The van der Waals surface area contributed by atoms with E-state index >= 15 is 0 Å². The van der Waals surface area contributed by atoms with E-state index < -0.39 is 0 Å². The van der Waals surface area contributed by atoms with Crippen LogP contribution in [0.5, 0.6) is 5.75 Å². The Morgan fingerprint density at radius 2 is 2.11 bits per heavy atom. The molecule has 0 spiro atoms. The molecule has 1 atom stereocenters. The Morgan fingerprint density at radius 3 is 2.72 bits per heavy atom. The molecule has 0 saturated heterocycles. The summed E-state index contributed by atoms with van der Waals surface area (Å²) in [6, 6.07) is 1.76. The summed E-state index contributed by atoms with van der Waals surface area (Å²) in [6.45, 7) is 9.39. The molecule has 1 aromatic heterocycles. The molecule has 0 radical (unpaired) electrons. The molecule has 0 aliphatic heterocycles. The molecule has 18 heavy (non-hydrogen) atoms. The maximum atomic E-state index is 12.2. The van der Waals surface area contributed by atoms with Crippen molar-refractivity contribution in [2.24, 2.45) is 5.92 Å². The van der Waals surface area contributed by atoms with E-state index in [1.807, 2.05) is 27.7 Å². The number of aromatic nitrogens is 1. The van der Waals surface area contributed by atoms with Gasteiger partial charge in [-0.1, -0.05) is 13.8 Å². The molecule has 100 valence electrons. The van der Waals surface area contributed by atoms with Gasteiger partial charge in [0.15, 0.2) is 5.78 Å². The van der Waals surface area contributed by atoms with Crippen molar-refractivity contribution in [1.29, 1.82) is 0 Å². The number of Topliss-reactive ketones (excluding diaryl/α,β-unsaturated/α-hetero) is 1. The van der Waals surface area contributed by atoms with Crippen LogP contribution in [-0.2, 0) is 0 Å². The van der Waals surface area contributed by atoms with Crippen molar-refractivity contribution in [3.63, 3.8) is 0 Å². The monoisotopic (exact) mass is 250 g/mol. The first-order valence-electron chi connectivity index (χ1n) is 6.41. The molecule has 0 aromatic carbocycles. The van der Waals surface area contributed by atoms with Crippen molar-refractivity contribution in [1.82, 2.24) is 10.3 Å². The van der Waals surface area contributed by atoms with E-state index in [4.69, 9.17) is 4.74 Å². The number of nitrogens with zero attached hydrogens (tertiary/aromatic N) is 1. The predicted octanol–water partition coefficient (Wildman–Crippen LogP) is 2.30. The third-order valence-corrected chi connectivity index (χ3v) is 2.52. The zero-order valence-corrected chi connectivity index (χ0v) is 11.6. The fourth-order valence-corrected chi connectivity index (χ4v) is 1.63. The minimum atomic E-state index is -0.0546. The molecule has 1 unspecified atom stereocenters. The Morgan fingerprint density at radius 1 is 1.39 bits per heavy atom. The smallest absolute Gasteiger partial charge is 0.168 e. The van der Waals surface area contributed by atoms with Crippen LogP contribution in [-0.4, -0.2) is 30.0 Å². The van der Waals surface area contributed by atoms with E-state index in [1.54, 1.807) is 18.5 Å². The molecular weight excluding hydrogens is 228 g/mol. The van der Waals surface area contributed by atoms with Crippen molar-refractivity contribution in [2.75, 3.05) is 13.1 Å². The zero-order valence-electron chi connectivity index (χ0n) is 11.6.